The number of nitrogens with one attached hydrogen (secondary N) is 1. The van der Waals surface area contributed by atoms with Gasteiger partial charge in [-0.1, -0.05) is 13.8 Å². The first-order chi connectivity index (χ1) is 8.80. The van der Waals surface area contributed by atoms with Gasteiger partial charge in [0.25, 0.3) is 0 Å². The van der Waals surface area contributed by atoms with Crippen molar-refractivity contribution in [3.63, 3.8) is 0 Å². The van der Waals surface area contributed by atoms with Crippen LogP contribution in [0.5, 0.6) is 0 Å². The van der Waals surface area contributed by atoms with Gasteiger partial charge in [-0.15, -0.1) is 11.3 Å². The molecule has 5 heteroatoms. The van der Waals surface area contributed by atoms with Crippen LogP contribution in [-0.2, 0) is 6.54 Å². The highest BCUT2D eigenvalue weighted by atomic mass is 79.9. The van der Waals surface area contributed by atoms with Gasteiger partial charge in [0, 0.05) is 22.4 Å². The van der Waals surface area contributed by atoms with E-state index < -0.39 is 5.60 Å². The number of halogens is 2. The zero-order valence-corrected chi connectivity index (χ0v) is 15.4. The Hall–Kier alpha value is 0.580. The van der Waals surface area contributed by atoms with Crippen LogP contribution in [0.4, 0.5) is 0 Å². The average Bonchev–Trinajstić information content (AvgIpc) is 2.64. The molecule has 1 aromatic rings. The van der Waals surface area contributed by atoms with Crippen LogP contribution in [0.3, 0.4) is 0 Å². The minimum absolute atomic E-state index is 0.399. The van der Waals surface area contributed by atoms with Crippen LogP contribution in [0, 0.1) is 5.41 Å². The van der Waals surface area contributed by atoms with Gasteiger partial charge < -0.3 is 10.4 Å². The predicted molar refractivity (Wildman–Crippen MR) is 88.6 cm³/mol. The van der Waals surface area contributed by atoms with Gasteiger partial charge in [0.05, 0.1) is 9.39 Å². The molecule has 1 fully saturated rings. The minimum atomic E-state index is -0.513. The Kier molecular flexibility index (Phi) is 5.16. The smallest absolute Gasteiger partial charge is 0.0843 e. The third-order valence-electron chi connectivity index (χ3n) is 3.98. The van der Waals surface area contributed by atoms with E-state index in [0.717, 1.165) is 40.5 Å². The topological polar surface area (TPSA) is 32.3 Å². The Morgan fingerprint density at radius 1 is 1.26 bits per heavy atom. The highest BCUT2D eigenvalue weighted by Crippen LogP contribution is 2.40. The van der Waals surface area contributed by atoms with E-state index >= 15 is 0 Å². The molecule has 2 rings (SSSR count). The van der Waals surface area contributed by atoms with Crippen molar-refractivity contribution in [2.45, 2.75) is 51.7 Å². The molecule has 0 bridgehead atoms. The molecule has 108 valence electrons. The Morgan fingerprint density at radius 3 is 2.42 bits per heavy atom. The van der Waals surface area contributed by atoms with Crippen molar-refractivity contribution in [2.75, 3.05) is 6.54 Å². The molecule has 0 amide bonds. The fraction of sp³-hybridized carbons (Fsp3) is 0.714. The molecule has 2 nitrogen and oxygen atoms in total. The zero-order valence-electron chi connectivity index (χ0n) is 11.4. The lowest BCUT2D eigenvalue weighted by Gasteiger charge is -2.40. The molecule has 1 saturated carbocycles. The lowest BCUT2D eigenvalue weighted by molar-refractivity contribution is -0.0244. The van der Waals surface area contributed by atoms with Crippen molar-refractivity contribution < 1.29 is 5.11 Å². The summed E-state index contributed by atoms with van der Waals surface area (Å²) in [5, 5.41) is 14.0. The minimum Gasteiger partial charge on any atom is -0.389 e. The Morgan fingerprint density at radius 2 is 1.89 bits per heavy atom. The SMILES string of the molecule is CC1(C)CCC(O)(CNCc2cc(Br)c(Br)s2)CC1. The van der Waals surface area contributed by atoms with Gasteiger partial charge >= 0.3 is 0 Å². The summed E-state index contributed by atoms with van der Waals surface area (Å²) >= 11 is 8.72. The number of hydrogen-bond donors (Lipinski definition) is 2. The van der Waals surface area contributed by atoms with Gasteiger partial charge in [0.1, 0.15) is 0 Å². The molecule has 0 aliphatic heterocycles. The molecule has 0 atom stereocenters. The summed E-state index contributed by atoms with van der Waals surface area (Å²) in [6.07, 6.45) is 4.04. The van der Waals surface area contributed by atoms with Gasteiger partial charge in [-0.25, -0.2) is 0 Å². The lowest BCUT2D eigenvalue weighted by Crippen LogP contribution is -2.44. The Bertz CT molecular complexity index is 415. The molecule has 1 heterocycles. The summed E-state index contributed by atoms with van der Waals surface area (Å²) in [6, 6.07) is 2.12. The summed E-state index contributed by atoms with van der Waals surface area (Å²) in [5.41, 5.74) is -0.114. The van der Waals surface area contributed by atoms with E-state index in [4.69, 9.17) is 0 Å². The van der Waals surface area contributed by atoms with Gasteiger partial charge in [0.2, 0.25) is 0 Å². The largest absolute Gasteiger partial charge is 0.389 e. The maximum absolute atomic E-state index is 10.6. The van der Waals surface area contributed by atoms with E-state index in [9.17, 15) is 5.11 Å². The van der Waals surface area contributed by atoms with Gasteiger partial charge in [0.15, 0.2) is 0 Å². The number of aliphatic hydroxyl groups is 1. The van der Waals surface area contributed by atoms with Crippen LogP contribution in [0.15, 0.2) is 14.3 Å². The number of thiophene rings is 1. The van der Waals surface area contributed by atoms with E-state index in [2.05, 4.69) is 57.1 Å². The Balaban J connectivity index is 1.79. The molecule has 1 aromatic heterocycles. The van der Waals surface area contributed by atoms with E-state index in [-0.39, 0.29) is 0 Å². The van der Waals surface area contributed by atoms with E-state index in [0.29, 0.717) is 12.0 Å². The molecule has 1 aliphatic rings. The second-order valence-electron chi connectivity index (χ2n) is 6.33. The highest BCUT2D eigenvalue weighted by Gasteiger charge is 2.36. The van der Waals surface area contributed by atoms with E-state index in [1.54, 1.807) is 11.3 Å². The molecule has 0 radical (unpaired) electrons. The van der Waals surface area contributed by atoms with Crippen LogP contribution in [0.25, 0.3) is 0 Å². The summed E-state index contributed by atoms with van der Waals surface area (Å²) in [7, 11) is 0. The van der Waals surface area contributed by atoms with E-state index in [1.165, 1.54) is 4.88 Å². The fourth-order valence-electron chi connectivity index (χ4n) is 2.47. The first-order valence-corrected chi connectivity index (χ1v) is 9.07. The monoisotopic (exact) mass is 409 g/mol. The fourth-order valence-corrected chi connectivity index (χ4v) is 4.61. The molecule has 0 unspecified atom stereocenters. The molecule has 0 aromatic carbocycles. The number of rotatable bonds is 4. The van der Waals surface area contributed by atoms with Crippen LogP contribution in [0.1, 0.15) is 44.4 Å². The maximum atomic E-state index is 10.6. The molecule has 1 aliphatic carbocycles. The van der Waals surface area contributed by atoms with Gasteiger partial charge in [-0.2, -0.15) is 0 Å². The molecule has 0 spiro atoms. The first kappa shape index (κ1) is 16.0. The van der Waals surface area contributed by atoms with Crippen molar-refractivity contribution in [1.29, 1.82) is 0 Å². The van der Waals surface area contributed by atoms with E-state index in [1.807, 2.05) is 0 Å². The summed E-state index contributed by atoms with van der Waals surface area (Å²) in [6.45, 7) is 6.10. The third kappa shape index (κ3) is 4.53. The van der Waals surface area contributed by atoms with Crippen LogP contribution in [-0.4, -0.2) is 17.3 Å². The molecular formula is C14H21Br2NOS. The van der Waals surface area contributed by atoms with Crippen LogP contribution in [0.2, 0.25) is 0 Å². The summed E-state index contributed by atoms with van der Waals surface area (Å²) in [5.74, 6) is 0. The van der Waals surface area contributed by atoms with Crippen LogP contribution >= 0.6 is 43.2 Å². The number of hydrogen-bond acceptors (Lipinski definition) is 3. The second kappa shape index (κ2) is 6.14. The third-order valence-corrected chi connectivity index (χ3v) is 7.24. The quantitative estimate of drug-likeness (QED) is 0.754. The first-order valence-electron chi connectivity index (χ1n) is 6.67. The van der Waals surface area contributed by atoms with Gasteiger partial charge in [-0.05, 0) is 69.0 Å². The van der Waals surface area contributed by atoms with Crippen molar-refractivity contribution >= 4 is 43.2 Å². The summed E-state index contributed by atoms with van der Waals surface area (Å²) in [4.78, 5) is 1.28. The van der Waals surface area contributed by atoms with Crippen molar-refractivity contribution in [1.82, 2.24) is 5.32 Å². The van der Waals surface area contributed by atoms with Crippen molar-refractivity contribution in [2.24, 2.45) is 5.41 Å². The Labute approximate surface area is 136 Å². The van der Waals surface area contributed by atoms with Crippen LogP contribution < -0.4 is 5.32 Å². The molecule has 19 heavy (non-hydrogen) atoms. The summed E-state index contributed by atoms with van der Waals surface area (Å²) < 4.78 is 2.23. The second-order valence-corrected chi connectivity index (χ2v) is 9.64. The zero-order chi connectivity index (χ0) is 14.1. The molecule has 0 saturated heterocycles. The van der Waals surface area contributed by atoms with Crippen molar-refractivity contribution in [3.8, 4) is 0 Å². The predicted octanol–water partition coefficient (Wildman–Crippen LogP) is 4.69. The average molecular weight is 411 g/mol. The standard InChI is InChI=1S/C14H21Br2NOS/c1-13(2)3-5-14(18,6-4-13)9-17-8-10-7-11(15)12(16)19-10/h7,17-18H,3-6,8-9H2,1-2H3. The normalized spacial score (nSPS) is 21.5. The molecule has 2 N–H and O–H groups in total. The van der Waals surface area contributed by atoms with Crippen molar-refractivity contribution in [3.05, 3.63) is 19.2 Å². The lowest BCUT2D eigenvalue weighted by atomic mass is 9.71. The maximum Gasteiger partial charge on any atom is 0.0843 e. The van der Waals surface area contributed by atoms with Gasteiger partial charge in [-0.3, -0.25) is 0 Å². The highest BCUT2D eigenvalue weighted by molar-refractivity contribution is 9.13. The molecular weight excluding hydrogens is 390 g/mol.